The third kappa shape index (κ3) is 3.58. The summed E-state index contributed by atoms with van der Waals surface area (Å²) in [6, 6.07) is 21.3. The molecule has 128 valence electrons. The molecule has 0 N–H and O–H groups in total. The Morgan fingerprint density at radius 2 is 1.81 bits per heavy atom. The average molecular weight is 361 g/mol. The third-order valence-electron chi connectivity index (χ3n) is 3.80. The minimum absolute atomic E-state index is 0.268. The van der Waals surface area contributed by atoms with Crippen molar-refractivity contribution >= 4 is 29.3 Å². The lowest BCUT2D eigenvalue weighted by molar-refractivity contribution is -0.129. The number of esters is 1. The molecule has 4 nitrogen and oxygen atoms in total. The SMILES string of the molecule is O=C1OC(c2cccs2)=N/C1=C\c1ccccc1OCc1ccccc1. The van der Waals surface area contributed by atoms with E-state index in [9.17, 15) is 4.79 Å². The van der Waals surface area contributed by atoms with Gasteiger partial charge >= 0.3 is 5.97 Å². The molecule has 5 heteroatoms. The van der Waals surface area contributed by atoms with Gasteiger partial charge in [-0.15, -0.1) is 11.3 Å². The van der Waals surface area contributed by atoms with E-state index in [1.165, 1.54) is 11.3 Å². The number of ether oxygens (including phenoxy) is 2. The molecule has 0 unspecified atom stereocenters. The zero-order valence-electron chi connectivity index (χ0n) is 13.8. The molecule has 3 aromatic rings. The molecule has 0 saturated carbocycles. The highest BCUT2D eigenvalue weighted by Crippen LogP contribution is 2.26. The maximum Gasteiger partial charge on any atom is 0.363 e. The number of rotatable bonds is 5. The van der Waals surface area contributed by atoms with Gasteiger partial charge in [-0.1, -0.05) is 54.6 Å². The van der Waals surface area contributed by atoms with Crippen LogP contribution in [0, 0.1) is 0 Å². The molecule has 0 bridgehead atoms. The smallest absolute Gasteiger partial charge is 0.363 e. The first kappa shape index (κ1) is 16.3. The zero-order chi connectivity index (χ0) is 17.8. The second-order valence-corrected chi connectivity index (χ2v) is 6.57. The fraction of sp³-hybridized carbons (Fsp3) is 0.0476. The van der Waals surface area contributed by atoms with Crippen LogP contribution in [-0.2, 0) is 16.1 Å². The predicted octanol–water partition coefficient (Wildman–Crippen LogP) is 4.67. The number of carbonyl (C=O) groups is 1. The molecule has 0 amide bonds. The number of thiophene rings is 1. The van der Waals surface area contributed by atoms with Crippen LogP contribution in [0.15, 0.2) is 82.8 Å². The van der Waals surface area contributed by atoms with E-state index in [-0.39, 0.29) is 5.70 Å². The summed E-state index contributed by atoms with van der Waals surface area (Å²) in [4.78, 5) is 17.3. The van der Waals surface area contributed by atoms with Gasteiger partial charge in [-0.3, -0.25) is 0 Å². The van der Waals surface area contributed by atoms with Gasteiger partial charge in [-0.05, 0) is 29.2 Å². The maximum atomic E-state index is 12.1. The molecule has 4 rings (SSSR count). The molecule has 1 aromatic heterocycles. The van der Waals surface area contributed by atoms with Crippen LogP contribution in [0.2, 0.25) is 0 Å². The van der Waals surface area contributed by atoms with Gasteiger partial charge in [0.05, 0.1) is 4.88 Å². The number of aliphatic imine (C=N–C) groups is 1. The van der Waals surface area contributed by atoms with Crippen molar-refractivity contribution in [3.63, 3.8) is 0 Å². The van der Waals surface area contributed by atoms with Crippen LogP contribution in [0.25, 0.3) is 6.08 Å². The Bertz CT molecular complexity index is 976. The second kappa shape index (κ2) is 7.37. The lowest BCUT2D eigenvalue weighted by Gasteiger charge is -2.09. The topological polar surface area (TPSA) is 47.9 Å². The van der Waals surface area contributed by atoms with E-state index < -0.39 is 5.97 Å². The number of benzene rings is 2. The molecule has 0 fully saturated rings. The molecule has 0 spiro atoms. The van der Waals surface area contributed by atoms with Crippen LogP contribution in [-0.4, -0.2) is 11.9 Å². The fourth-order valence-electron chi connectivity index (χ4n) is 2.53. The summed E-state index contributed by atoms with van der Waals surface area (Å²) in [5, 5.41) is 1.92. The highest BCUT2D eigenvalue weighted by Gasteiger charge is 2.25. The molecule has 0 atom stereocenters. The van der Waals surface area contributed by atoms with Crippen molar-refractivity contribution in [3.05, 3.63) is 93.8 Å². The number of nitrogens with zero attached hydrogens (tertiary/aromatic N) is 1. The zero-order valence-corrected chi connectivity index (χ0v) is 14.6. The highest BCUT2D eigenvalue weighted by atomic mass is 32.1. The summed E-state index contributed by atoms with van der Waals surface area (Å²) in [6.07, 6.45) is 1.70. The Labute approximate surface area is 155 Å². The molecule has 2 aromatic carbocycles. The van der Waals surface area contributed by atoms with Gasteiger partial charge in [-0.2, -0.15) is 0 Å². The van der Waals surface area contributed by atoms with E-state index in [0.29, 0.717) is 18.3 Å². The highest BCUT2D eigenvalue weighted by molar-refractivity contribution is 7.12. The first-order valence-corrected chi connectivity index (χ1v) is 9.00. The molecular weight excluding hydrogens is 346 g/mol. The second-order valence-electron chi connectivity index (χ2n) is 5.63. The largest absolute Gasteiger partial charge is 0.488 e. The maximum absolute atomic E-state index is 12.1. The Morgan fingerprint density at radius 1 is 1.00 bits per heavy atom. The first-order chi connectivity index (χ1) is 12.8. The summed E-state index contributed by atoms with van der Waals surface area (Å²) in [5.74, 6) is 0.585. The molecule has 0 saturated heterocycles. The van der Waals surface area contributed by atoms with Crippen LogP contribution in [0.5, 0.6) is 5.75 Å². The van der Waals surface area contributed by atoms with Gasteiger partial charge < -0.3 is 9.47 Å². The lowest BCUT2D eigenvalue weighted by Crippen LogP contribution is -2.03. The van der Waals surface area contributed by atoms with E-state index in [1.54, 1.807) is 6.08 Å². The quantitative estimate of drug-likeness (QED) is 0.490. The van der Waals surface area contributed by atoms with E-state index >= 15 is 0 Å². The van der Waals surface area contributed by atoms with Crippen LogP contribution in [0.4, 0.5) is 0 Å². The summed E-state index contributed by atoms with van der Waals surface area (Å²) in [5.41, 5.74) is 2.13. The Hall–Kier alpha value is -3.18. The number of hydrogen-bond donors (Lipinski definition) is 0. The van der Waals surface area contributed by atoms with Crippen LogP contribution < -0.4 is 4.74 Å². The monoisotopic (exact) mass is 361 g/mol. The number of para-hydroxylation sites is 1. The number of cyclic esters (lactones) is 1. The van der Waals surface area contributed by atoms with Crippen molar-refractivity contribution in [3.8, 4) is 5.75 Å². The van der Waals surface area contributed by atoms with Gasteiger partial charge in [0, 0.05) is 5.56 Å². The van der Waals surface area contributed by atoms with Crippen LogP contribution >= 0.6 is 11.3 Å². The van der Waals surface area contributed by atoms with Crippen molar-refractivity contribution in [1.29, 1.82) is 0 Å². The predicted molar refractivity (Wildman–Crippen MR) is 102 cm³/mol. The number of hydrogen-bond acceptors (Lipinski definition) is 5. The molecule has 0 radical (unpaired) electrons. The van der Waals surface area contributed by atoms with Crippen LogP contribution in [0.1, 0.15) is 16.0 Å². The van der Waals surface area contributed by atoms with Gasteiger partial charge in [-0.25, -0.2) is 9.79 Å². The molecule has 1 aliphatic heterocycles. The van der Waals surface area contributed by atoms with Crippen LogP contribution in [0.3, 0.4) is 0 Å². The van der Waals surface area contributed by atoms with Crippen molar-refractivity contribution in [2.24, 2.45) is 4.99 Å². The average Bonchev–Trinajstić information content (AvgIpc) is 3.32. The number of carbonyl (C=O) groups excluding carboxylic acids is 1. The van der Waals surface area contributed by atoms with E-state index in [0.717, 1.165) is 16.0 Å². The molecule has 26 heavy (non-hydrogen) atoms. The van der Waals surface area contributed by atoms with Crippen molar-refractivity contribution in [2.75, 3.05) is 0 Å². The Morgan fingerprint density at radius 3 is 2.62 bits per heavy atom. The standard InChI is InChI=1S/C21H15NO3S/c23-21-17(22-20(25-21)19-11-6-12-26-19)13-16-9-4-5-10-18(16)24-14-15-7-2-1-3-8-15/h1-13H,14H2/b17-13-. The van der Waals surface area contributed by atoms with Gasteiger partial charge in [0.1, 0.15) is 12.4 Å². The van der Waals surface area contributed by atoms with Gasteiger partial charge in [0.15, 0.2) is 5.70 Å². The summed E-state index contributed by atoms with van der Waals surface area (Å²) < 4.78 is 11.2. The molecular formula is C21H15NO3S. The minimum atomic E-state index is -0.453. The van der Waals surface area contributed by atoms with E-state index in [4.69, 9.17) is 9.47 Å². The third-order valence-corrected chi connectivity index (χ3v) is 4.66. The van der Waals surface area contributed by atoms with Crippen molar-refractivity contribution in [1.82, 2.24) is 0 Å². The summed E-state index contributed by atoms with van der Waals surface area (Å²) in [6.45, 7) is 0.454. The summed E-state index contributed by atoms with van der Waals surface area (Å²) >= 11 is 1.48. The Kier molecular flexibility index (Phi) is 4.62. The normalized spacial score (nSPS) is 15.0. The lowest BCUT2D eigenvalue weighted by atomic mass is 10.1. The first-order valence-electron chi connectivity index (χ1n) is 8.12. The molecule has 1 aliphatic rings. The molecule has 0 aliphatic carbocycles. The fourth-order valence-corrected chi connectivity index (χ4v) is 3.18. The summed E-state index contributed by atoms with van der Waals surface area (Å²) in [7, 11) is 0. The van der Waals surface area contributed by atoms with Gasteiger partial charge in [0.25, 0.3) is 0 Å². The minimum Gasteiger partial charge on any atom is -0.488 e. The van der Waals surface area contributed by atoms with Crippen molar-refractivity contribution < 1.29 is 14.3 Å². The van der Waals surface area contributed by atoms with E-state index in [2.05, 4.69) is 4.99 Å². The van der Waals surface area contributed by atoms with E-state index in [1.807, 2.05) is 72.1 Å². The molecule has 2 heterocycles. The Balaban J connectivity index is 1.58. The van der Waals surface area contributed by atoms with Gasteiger partial charge in [0.2, 0.25) is 5.90 Å². The van der Waals surface area contributed by atoms with Crippen molar-refractivity contribution in [2.45, 2.75) is 6.61 Å².